The van der Waals surface area contributed by atoms with Gasteiger partial charge in [-0.15, -0.1) is 0 Å². The molecular formula is C39H58N4O3. The van der Waals surface area contributed by atoms with E-state index >= 15 is 0 Å². The fraction of sp³-hybridized carbons (Fsp3) is 0.513. The first-order valence-corrected chi connectivity index (χ1v) is 17.4. The molecule has 252 valence electrons. The maximum Gasteiger partial charge on any atom is 0.252 e. The molecule has 1 saturated heterocycles. The van der Waals surface area contributed by atoms with Crippen molar-refractivity contribution in [3.63, 3.8) is 0 Å². The molecule has 0 bridgehead atoms. The van der Waals surface area contributed by atoms with Gasteiger partial charge in [0.2, 0.25) is 5.91 Å². The Kier molecular flexibility index (Phi) is 23.3. The van der Waals surface area contributed by atoms with Gasteiger partial charge in [-0.2, -0.15) is 0 Å². The van der Waals surface area contributed by atoms with E-state index in [9.17, 15) is 9.59 Å². The van der Waals surface area contributed by atoms with Crippen molar-refractivity contribution in [1.82, 2.24) is 20.5 Å². The van der Waals surface area contributed by atoms with Crippen molar-refractivity contribution in [3.8, 4) is 0 Å². The number of hydrogen-bond acceptors (Lipinski definition) is 5. The van der Waals surface area contributed by atoms with E-state index in [0.29, 0.717) is 25.1 Å². The van der Waals surface area contributed by atoms with Gasteiger partial charge in [0.25, 0.3) is 5.91 Å². The summed E-state index contributed by atoms with van der Waals surface area (Å²) in [7, 11) is 0. The van der Waals surface area contributed by atoms with Gasteiger partial charge in [0, 0.05) is 57.5 Å². The highest BCUT2D eigenvalue weighted by molar-refractivity contribution is 5.93. The summed E-state index contributed by atoms with van der Waals surface area (Å²) in [6.45, 7) is 7.95. The number of nitrogens with one attached hydrogen (secondary N) is 2. The summed E-state index contributed by atoms with van der Waals surface area (Å²) in [4.78, 5) is 31.3. The molecule has 0 saturated carbocycles. The van der Waals surface area contributed by atoms with Crippen LogP contribution in [0.5, 0.6) is 0 Å². The van der Waals surface area contributed by atoms with Crippen LogP contribution in [-0.2, 0) is 16.0 Å². The molecule has 7 nitrogen and oxygen atoms in total. The first-order valence-electron chi connectivity index (χ1n) is 17.4. The molecule has 0 radical (unpaired) electrons. The maximum atomic E-state index is 12.4. The van der Waals surface area contributed by atoms with Crippen molar-refractivity contribution in [1.29, 1.82) is 0 Å². The largest absolute Gasteiger partial charge is 0.379 e. The summed E-state index contributed by atoms with van der Waals surface area (Å²) in [5.41, 5.74) is 1.59. The lowest BCUT2D eigenvalue weighted by atomic mass is 10.2. The van der Waals surface area contributed by atoms with E-state index in [1.807, 2.05) is 12.1 Å². The summed E-state index contributed by atoms with van der Waals surface area (Å²) in [5, 5.41) is 5.96. The fourth-order valence-electron chi connectivity index (χ4n) is 4.71. The minimum atomic E-state index is -0.0880. The molecule has 0 spiro atoms. The summed E-state index contributed by atoms with van der Waals surface area (Å²) in [6.07, 6.45) is 38.7. The van der Waals surface area contributed by atoms with Gasteiger partial charge in [0.15, 0.2) is 0 Å². The smallest absolute Gasteiger partial charge is 0.252 e. The molecule has 1 aliphatic heterocycles. The number of amides is 2. The SMILES string of the molecule is CC/C=C\C/C=C\C/C=C\C/C=C\C/C=C\C/C=C\CCC(=O)NCCCCCNC(=O)c1ccc(CCN2CCOCC2)nc1. The van der Waals surface area contributed by atoms with Gasteiger partial charge >= 0.3 is 0 Å². The number of unbranched alkanes of at least 4 members (excludes halogenated alkanes) is 2. The van der Waals surface area contributed by atoms with Crippen LogP contribution in [0.3, 0.4) is 0 Å². The molecule has 2 amide bonds. The standard InChI is InChI=1S/C39H58N4O3/c1-2-3-4-5-6-7-8-9-10-11-12-13-14-15-16-17-18-19-21-24-38(44)40-28-22-20-23-29-41-39(45)36-25-26-37(42-35-36)27-30-43-31-33-46-34-32-43/h3-4,6-7,9-10,12-13,15-16,18-19,25-26,35H,2,5,8,11,14,17,20-24,27-34H2,1H3,(H,40,44)(H,41,45)/b4-3-,7-6-,10-9-,13-12-,16-15-,19-18-. The monoisotopic (exact) mass is 630 g/mol. The number of ether oxygens (including phenoxy) is 1. The minimum Gasteiger partial charge on any atom is -0.379 e. The Labute approximate surface area is 278 Å². The molecule has 2 N–H and O–H groups in total. The zero-order valence-corrected chi connectivity index (χ0v) is 28.2. The van der Waals surface area contributed by atoms with Gasteiger partial charge in [0.05, 0.1) is 18.8 Å². The molecule has 2 heterocycles. The minimum absolute atomic E-state index is 0.0880. The number of hydrogen-bond donors (Lipinski definition) is 2. The number of allylic oxidation sites excluding steroid dienone is 12. The first kappa shape index (κ1) is 38.6. The number of pyridine rings is 1. The lowest BCUT2D eigenvalue weighted by Gasteiger charge is -2.26. The lowest BCUT2D eigenvalue weighted by Crippen LogP contribution is -2.37. The molecule has 0 atom stereocenters. The number of carbonyl (C=O) groups is 2. The number of carbonyl (C=O) groups excluding carboxylic acids is 2. The van der Waals surface area contributed by atoms with Crippen molar-refractivity contribution in [3.05, 3.63) is 102 Å². The quantitative estimate of drug-likeness (QED) is 0.0916. The highest BCUT2D eigenvalue weighted by atomic mass is 16.5. The van der Waals surface area contributed by atoms with Gasteiger partial charge < -0.3 is 15.4 Å². The number of nitrogens with zero attached hydrogens (tertiary/aromatic N) is 2. The van der Waals surface area contributed by atoms with E-state index in [4.69, 9.17) is 4.74 Å². The Bertz CT molecular complexity index is 1110. The molecule has 0 unspecified atom stereocenters. The van der Waals surface area contributed by atoms with Gasteiger partial charge in [-0.25, -0.2) is 0 Å². The molecule has 1 aromatic rings. The Morgan fingerprint density at radius 1 is 0.761 bits per heavy atom. The predicted octanol–water partition coefficient (Wildman–Crippen LogP) is 7.45. The molecule has 1 aromatic heterocycles. The van der Waals surface area contributed by atoms with E-state index < -0.39 is 0 Å². The van der Waals surface area contributed by atoms with Gasteiger partial charge in [-0.1, -0.05) is 79.8 Å². The summed E-state index contributed by atoms with van der Waals surface area (Å²) in [5.74, 6) is 0.00338. The van der Waals surface area contributed by atoms with Crippen LogP contribution in [0.4, 0.5) is 0 Å². The second-order valence-electron chi connectivity index (χ2n) is 11.4. The molecule has 0 aromatic carbocycles. The highest BCUT2D eigenvalue weighted by Gasteiger charge is 2.11. The predicted molar refractivity (Wildman–Crippen MR) is 192 cm³/mol. The summed E-state index contributed by atoms with van der Waals surface area (Å²) >= 11 is 0. The topological polar surface area (TPSA) is 83.6 Å². The van der Waals surface area contributed by atoms with Crippen molar-refractivity contribution >= 4 is 11.8 Å². The van der Waals surface area contributed by atoms with Crippen LogP contribution in [0.1, 0.15) is 93.6 Å². The third kappa shape index (κ3) is 21.2. The first-order chi connectivity index (χ1) is 22.7. The number of morpholine rings is 1. The van der Waals surface area contributed by atoms with Gasteiger partial charge in [-0.05, 0) is 76.3 Å². The van der Waals surface area contributed by atoms with Crippen molar-refractivity contribution in [2.45, 2.75) is 84.0 Å². The van der Waals surface area contributed by atoms with Crippen LogP contribution in [-0.4, -0.2) is 67.6 Å². The van der Waals surface area contributed by atoms with E-state index in [0.717, 1.165) is 109 Å². The maximum absolute atomic E-state index is 12.4. The summed E-state index contributed by atoms with van der Waals surface area (Å²) in [6, 6.07) is 3.80. The van der Waals surface area contributed by atoms with Gasteiger partial charge in [-0.3, -0.25) is 19.5 Å². The summed E-state index contributed by atoms with van der Waals surface area (Å²) < 4.78 is 5.39. The van der Waals surface area contributed by atoms with Crippen LogP contribution in [0.25, 0.3) is 0 Å². The van der Waals surface area contributed by atoms with Crippen molar-refractivity contribution < 1.29 is 14.3 Å². The van der Waals surface area contributed by atoms with E-state index in [-0.39, 0.29) is 11.8 Å². The van der Waals surface area contributed by atoms with Crippen LogP contribution < -0.4 is 10.6 Å². The normalized spacial score (nSPS) is 14.6. The third-order valence-electron chi connectivity index (χ3n) is 7.47. The van der Waals surface area contributed by atoms with Crippen molar-refractivity contribution in [2.75, 3.05) is 45.9 Å². The zero-order chi connectivity index (χ0) is 32.8. The van der Waals surface area contributed by atoms with E-state index in [1.54, 1.807) is 6.20 Å². The molecular weight excluding hydrogens is 572 g/mol. The average Bonchev–Trinajstić information content (AvgIpc) is 3.08. The Balaban J connectivity index is 1.38. The van der Waals surface area contributed by atoms with Crippen LogP contribution >= 0.6 is 0 Å². The molecule has 2 rings (SSSR count). The van der Waals surface area contributed by atoms with Crippen LogP contribution in [0.15, 0.2) is 91.2 Å². The lowest BCUT2D eigenvalue weighted by molar-refractivity contribution is -0.121. The average molecular weight is 631 g/mol. The Hall–Kier alpha value is -3.55. The van der Waals surface area contributed by atoms with Crippen molar-refractivity contribution in [2.24, 2.45) is 0 Å². The molecule has 1 aliphatic rings. The molecule has 1 fully saturated rings. The number of rotatable bonds is 24. The van der Waals surface area contributed by atoms with Crippen LogP contribution in [0.2, 0.25) is 0 Å². The Morgan fingerprint density at radius 2 is 1.33 bits per heavy atom. The molecule has 7 heteroatoms. The molecule has 46 heavy (non-hydrogen) atoms. The fourth-order valence-corrected chi connectivity index (χ4v) is 4.71. The third-order valence-corrected chi connectivity index (χ3v) is 7.47. The second kappa shape index (κ2) is 27.7. The zero-order valence-electron chi connectivity index (χ0n) is 28.2. The second-order valence-corrected chi connectivity index (χ2v) is 11.4. The van der Waals surface area contributed by atoms with Crippen LogP contribution in [0, 0.1) is 0 Å². The van der Waals surface area contributed by atoms with Gasteiger partial charge in [0.1, 0.15) is 0 Å². The Morgan fingerprint density at radius 3 is 1.89 bits per heavy atom. The highest BCUT2D eigenvalue weighted by Crippen LogP contribution is 2.05. The van der Waals surface area contributed by atoms with E-state index in [2.05, 4.69) is 100 Å². The van der Waals surface area contributed by atoms with E-state index in [1.165, 1.54) is 0 Å². The number of aromatic nitrogens is 1. The molecule has 0 aliphatic carbocycles.